The molecule has 1 saturated heterocycles. The Labute approximate surface area is 189 Å². The zero-order valence-electron chi connectivity index (χ0n) is 16.6. The molecule has 0 aromatic heterocycles. The summed E-state index contributed by atoms with van der Waals surface area (Å²) in [6, 6.07) is 15.3. The number of nitrogens with zero attached hydrogens (tertiary/aromatic N) is 1. The lowest BCUT2D eigenvalue weighted by molar-refractivity contribution is -0.149. The van der Waals surface area contributed by atoms with E-state index >= 15 is 0 Å². The maximum Gasteiger partial charge on any atom is 0.361 e. The van der Waals surface area contributed by atoms with Crippen molar-refractivity contribution in [1.82, 2.24) is 10.2 Å². The highest BCUT2D eigenvalue weighted by Gasteiger charge is 2.54. The van der Waals surface area contributed by atoms with Crippen LogP contribution in [0.4, 0.5) is 0 Å². The number of amides is 2. The molecular weight excluding hydrogens is 436 g/mol. The van der Waals surface area contributed by atoms with E-state index in [4.69, 9.17) is 9.47 Å². The van der Waals surface area contributed by atoms with Crippen LogP contribution in [0.1, 0.15) is 5.56 Å². The van der Waals surface area contributed by atoms with Crippen molar-refractivity contribution < 1.29 is 23.9 Å². The number of para-hydroxylation sites is 2. The van der Waals surface area contributed by atoms with Crippen molar-refractivity contribution in [2.75, 3.05) is 12.9 Å². The fourth-order valence-corrected chi connectivity index (χ4v) is 5.07. The van der Waals surface area contributed by atoms with Crippen molar-refractivity contribution in [2.24, 2.45) is 0 Å². The Kier molecular flexibility index (Phi) is 6.24. The molecule has 4 rings (SSSR count). The van der Waals surface area contributed by atoms with E-state index in [0.29, 0.717) is 16.4 Å². The van der Waals surface area contributed by atoms with Crippen LogP contribution in [0.5, 0.6) is 11.5 Å². The van der Waals surface area contributed by atoms with Crippen LogP contribution >= 0.6 is 24.4 Å². The molecule has 9 heteroatoms. The molecule has 0 radical (unpaired) electrons. The maximum absolute atomic E-state index is 12.9. The number of carbonyl (C=O) groups excluding carboxylic acids is 3. The third-order valence-corrected chi connectivity index (χ3v) is 6.80. The van der Waals surface area contributed by atoms with Crippen LogP contribution in [0, 0.1) is 0 Å². The topological polar surface area (TPSA) is 84.9 Å². The number of thioether (sulfide) groups is 1. The SMILES string of the molecule is COc1ccccc1OC(=O)C1=C(S)CS[C@H]2[C@H](NC(=O)Cc3ccccc3)C(=O)N12. The lowest BCUT2D eigenvalue weighted by atomic mass is 10.0. The summed E-state index contributed by atoms with van der Waals surface area (Å²) in [5.41, 5.74) is 0.954. The Bertz CT molecular complexity index is 1060. The first-order chi connectivity index (χ1) is 15.0. The molecule has 0 bridgehead atoms. The average Bonchev–Trinajstić information content (AvgIpc) is 2.78. The Balaban J connectivity index is 1.45. The largest absolute Gasteiger partial charge is 0.493 e. The Morgan fingerprint density at radius 2 is 1.81 bits per heavy atom. The first-order valence-corrected chi connectivity index (χ1v) is 11.0. The van der Waals surface area contributed by atoms with Crippen molar-refractivity contribution in [3.05, 3.63) is 70.8 Å². The molecular formula is C22H20N2O5S2. The molecule has 2 atom stereocenters. The number of fused-ring (bicyclic) bond motifs is 1. The van der Waals surface area contributed by atoms with E-state index in [0.717, 1.165) is 5.56 Å². The lowest BCUT2D eigenvalue weighted by Gasteiger charge is -2.49. The molecule has 2 aromatic carbocycles. The number of methoxy groups -OCH3 is 1. The summed E-state index contributed by atoms with van der Waals surface area (Å²) in [5, 5.41) is 2.40. The minimum absolute atomic E-state index is 0.0940. The summed E-state index contributed by atoms with van der Waals surface area (Å²) >= 11 is 5.84. The molecule has 7 nitrogen and oxygen atoms in total. The Morgan fingerprint density at radius 3 is 2.52 bits per heavy atom. The summed E-state index contributed by atoms with van der Waals surface area (Å²) < 4.78 is 10.7. The number of benzene rings is 2. The third kappa shape index (κ3) is 4.28. The standard InChI is InChI=1S/C22H20N2O5S2/c1-28-14-9-5-6-10-15(14)29-22(27)19-16(30)12-31-21-18(20(26)24(19)21)23-17(25)11-13-7-3-2-4-8-13/h2-10,18,21,30H,11-12H2,1H3,(H,23,25)/t18-,21+/m1/s1. The van der Waals surface area contributed by atoms with E-state index in [1.807, 2.05) is 30.3 Å². The van der Waals surface area contributed by atoms with Crippen LogP contribution in [0.25, 0.3) is 0 Å². The lowest BCUT2D eigenvalue weighted by Crippen LogP contribution is -2.70. The van der Waals surface area contributed by atoms with E-state index in [1.165, 1.54) is 23.8 Å². The molecule has 0 spiro atoms. The van der Waals surface area contributed by atoms with E-state index in [1.54, 1.807) is 24.3 Å². The minimum Gasteiger partial charge on any atom is -0.493 e. The number of hydrogen-bond acceptors (Lipinski definition) is 7. The number of hydrogen-bond donors (Lipinski definition) is 2. The van der Waals surface area contributed by atoms with Gasteiger partial charge in [-0.1, -0.05) is 42.5 Å². The quantitative estimate of drug-likeness (QED) is 0.301. The van der Waals surface area contributed by atoms with Crippen molar-refractivity contribution in [3.8, 4) is 11.5 Å². The normalized spacial score (nSPS) is 19.9. The smallest absolute Gasteiger partial charge is 0.361 e. The molecule has 0 saturated carbocycles. The molecule has 2 aliphatic heterocycles. The van der Waals surface area contributed by atoms with Crippen molar-refractivity contribution >= 4 is 42.2 Å². The predicted octanol–water partition coefficient (Wildman–Crippen LogP) is 2.38. The van der Waals surface area contributed by atoms with Crippen molar-refractivity contribution in [3.63, 3.8) is 0 Å². The zero-order valence-corrected chi connectivity index (χ0v) is 18.3. The van der Waals surface area contributed by atoms with Crippen LogP contribution in [0.3, 0.4) is 0 Å². The Hall–Kier alpha value is -2.91. The van der Waals surface area contributed by atoms with Gasteiger partial charge in [-0.2, -0.15) is 0 Å². The van der Waals surface area contributed by atoms with E-state index in [2.05, 4.69) is 17.9 Å². The molecule has 2 amide bonds. The van der Waals surface area contributed by atoms with E-state index in [-0.39, 0.29) is 35.1 Å². The van der Waals surface area contributed by atoms with Gasteiger partial charge in [0, 0.05) is 10.7 Å². The molecule has 2 aliphatic rings. The van der Waals surface area contributed by atoms with Gasteiger partial charge in [-0.3, -0.25) is 14.5 Å². The Morgan fingerprint density at radius 1 is 1.13 bits per heavy atom. The number of thiol groups is 1. The van der Waals surface area contributed by atoms with Crippen LogP contribution in [0.2, 0.25) is 0 Å². The first kappa shape index (κ1) is 21.3. The minimum atomic E-state index is -0.697. The van der Waals surface area contributed by atoms with Gasteiger partial charge in [0.25, 0.3) is 5.91 Å². The fraction of sp³-hybridized carbons (Fsp3) is 0.227. The van der Waals surface area contributed by atoms with Gasteiger partial charge < -0.3 is 14.8 Å². The molecule has 1 fully saturated rings. The molecule has 160 valence electrons. The molecule has 2 aromatic rings. The first-order valence-electron chi connectivity index (χ1n) is 9.55. The van der Waals surface area contributed by atoms with Crippen LogP contribution in [-0.4, -0.2) is 47.0 Å². The number of β-lactam (4-membered cyclic amide) rings is 1. The van der Waals surface area contributed by atoms with Crippen molar-refractivity contribution in [2.45, 2.75) is 17.8 Å². The van der Waals surface area contributed by atoms with Gasteiger partial charge in [-0.05, 0) is 17.7 Å². The molecule has 0 aliphatic carbocycles. The molecule has 31 heavy (non-hydrogen) atoms. The summed E-state index contributed by atoms with van der Waals surface area (Å²) in [5.74, 6) is -0.221. The summed E-state index contributed by atoms with van der Waals surface area (Å²) in [6.45, 7) is 0. The van der Waals surface area contributed by atoms with Crippen LogP contribution in [-0.2, 0) is 20.8 Å². The van der Waals surface area contributed by atoms with Gasteiger partial charge in [-0.15, -0.1) is 24.4 Å². The highest BCUT2D eigenvalue weighted by Crippen LogP contribution is 2.42. The summed E-state index contributed by atoms with van der Waals surface area (Å²) in [7, 11) is 1.48. The number of esters is 1. The van der Waals surface area contributed by atoms with E-state index < -0.39 is 12.0 Å². The van der Waals surface area contributed by atoms with Gasteiger partial charge in [0.15, 0.2) is 11.5 Å². The van der Waals surface area contributed by atoms with Gasteiger partial charge in [-0.25, -0.2) is 4.79 Å². The maximum atomic E-state index is 12.9. The van der Waals surface area contributed by atoms with Crippen molar-refractivity contribution in [1.29, 1.82) is 0 Å². The average molecular weight is 457 g/mol. The second-order valence-corrected chi connectivity index (χ2v) is 8.60. The highest BCUT2D eigenvalue weighted by atomic mass is 32.2. The zero-order chi connectivity index (χ0) is 22.0. The van der Waals surface area contributed by atoms with E-state index in [9.17, 15) is 14.4 Å². The molecule has 1 N–H and O–H groups in total. The summed E-state index contributed by atoms with van der Waals surface area (Å²) in [4.78, 5) is 39.9. The van der Waals surface area contributed by atoms with Gasteiger partial charge in [0.05, 0.1) is 13.5 Å². The third-order valence-electron chi connectivity index (χ3n) is 4.94. The number of rotatable bonds is 6. The number of nitrogens with one attached hydrogen (secondary N) is 1. The van der Waals surface area contributed by atoms with Crippen LogP contribution < -0.4 is 14.8 Å². The second kappa shape index (κ2) is 9.07. The molecule has 0 unspecified atom stereocenters. The monoisotopic (exact) mass is 456 g/mol. The number of ether oxygens (including phenoxy) is 2. The second-order valence-electron chi connectivity index (χ2n) is 6.95. The van der Waals surface area contributed by atoms with Gasteiger partial charge in [0.1, 0.15) is 17.1 Å². The van der Waals surface area contributed by atoms with Gasteiger partial charge in [0.2, 0.25) is 5.91 Å². The van der Waals surface area contributed by atoms with Gasteiger partial charge >= 0.3 is 5.97 Å². The number of carbonyl (C=O) groups is 3. The fourth-order valence-electron chi connectivity index (χ4n) is 3.45. The highest BCUT2D eigenvalue weighted by molar-refractivity contribution is 8.01. The van der Waals surface area contributed by atoms with Crippen LogP contribution in [0.15, 0.2) is 65.2 Å². The summed E-state index contributed by atoms with van der Waals surface area (Å²) in [6.07, 6.45) is 0.179. The molecule has 2 heterocycles. The predicted molar refractivity (Wildman–Crippen MR) is 120 cm³/mol.